The Morgan fingerprint density at radius 1 is 0.889 bits per heavy atom. The fourth-order valence-corrected chi connectivity index (χ4v) is 1.89. The van der Waals surface area contributed by atoms with E-state index in [1.807, 2.05) is 58.2 Å². The topological polar surface area (TPSA) is 29.0 Å². The molecule has 0 unspecified atom stereocenters. The zero-order valence-corrected chi connectivity index (χ0v) is 9.77. The molecule has 0 aliphatic heterocycles. The number of hydrogen-bond donors (Lipinski definition) is 1. The molecule has 0 amide bonds. The molecule has 0 fully saturated rings. The molecule has 0 bridgehead atoms. The first-order chi connectivity index (χ1) is 8.83. The Labute approximate surface area is 105 Å². The SMILES string of the molecule is Oc1ccc(-[n+]2ccn(-c3ccccc3)c2)cc1. The summed E-state index contributed by atoms with van der Waals surface area (Å²) in [5.41, 5.74) is 2.14. The van der Waals surface area contributed by atoms with Gasteiger partial charge in [0.1, 0.15) is 29.5 Å². The molecule has 18 heavy (non-hydrogen) atoms. The molecule has 1 heterocycles. The minimum absolute atomic E-state index is 0.279. The summed E-state index contributed by atoms with van der Waals surface area (Å²) >= 11 is 0. The summed E-state index contributed by atoms with van der Waals surface area (Å²) in [5.74, 6) is 0.279. The molecular formula is C15H13N2O+. The summed E-state index contributed by atoms with van der Waals surface area (Å²) in [6.07, 6.45) is 5.99. The van der Waals surface area contributed by atoms with Crippen molar-refractivity contribution in [3.63, 3.8) is 0 Å². The van der Waals surface area contributed by atoms with E-state index in [1.165, 1.54) is 0 Å². The Hall–Kier alpha value is -2.55. The lowest BCUT2D eigenvalue weighted by atomic mass is 10.3. The summed E-state index contributed by atoms with van der Waals surface area (Å²) in [6, 6.07) is 17.3. The van der Waals surface area contributed by atoms with Crippen LogP contribution in [0.4, 0.5) is 0 Å². The number of hydrogen-bond acceptors (Lipinski definition) is 1. The van der Waals surface area contributed by atoms with E-state index in [9.17, 15) is 5.11 Å². The first kappa shape index (κ1) is 10.6. The third-order valence-electron chi connectivity index (χ3n) is 2.84. The number of phenols is 1. The number of phenolic OH excluding ortho intramolecular Hbond substituents is 1. The largest absolute Gasteiger partial charge is 0.508 e. The van der Waals surface area contributed by atoms with Gasteiger partial charge < -0.3 is 5.11 Å². The molecule has 3 aromatic rings. The Morgan fingerprint density at radius 3 is 2.33 bits per heavy atom. The molecule has 1 N–H and O–H groups in total. The van der Waals surface area contributed by atoms with Gasteiger partial charge in [0.05, 0.1) is 0 Å². The maximum absolute atomic E-state index is 9.27. The van der Waals surface area contributed by atoms with Crippen LogP contribution in [0, 0.1) is 0 Å². The van der Waals surface area contributed by atoms with Crippen molar-refractivity contribution in [1.82, 2.24) is 4.57 Å². The predicted molar refractivity (Wildman–Crippen MR) is 69.0 cm³/mol. The minimum atomic E-state index is 0.279. The number of nitrogens with zero attached hydrogens (tertiary/aromatic N) is 2. The number of benzene rings is 2. The molecule has 2 aromatic carbocycles. The second kappa shape index (κ2) is 4.37. The van der Waals surface area contributed by atoms with Gasteiger partial charge in [0.25, 0.3) is 6.33 Å². The highest BCUT2D eigenvalue weighted by Crippen LogP contribution is 2.10. The Kier molecular flexibility index (Phi) is 2.57. The third kappa shape index (κ3) is 1.98. The monoisotopic (exact) mass is 237 g/mol. The van der Waals surface area contributed by atoms with Crippen molar-refractivity contribution in [1.29, 1.82) is 0 Å². The van der Waals surface area contributed by atoms with Crippen molar-refractivity contribution in [3.8, 4) is 17.1 Å². The zero-order chi connectivity index (χ0) is 12.4. The molecule has 3 rings (SSSR count). The molecule has 0 aliphatic carbocycles. The van der Waals surface area contributed by atoms with Crippen molar-refractivity contribution < 1.29 is 9.67 Å². The van der Waals surface area contributed by atoms with Gasteiger partial charge in [0, 0.05) is 0 Å². The van der Waals surface area contributed by atoms with Gasteiger partial charge in [0.15, 0.2) is 0 Å². The van der Waals surface area contributed by atoms with Crippen LogP contribution in [0.2, 0.25) is 0 Å². The van der Waals surface area contributed by atoms with Crippen molar-refractivity contribution in [3.05, 3.63) is 73.3 Å². The Balaban J connectivity index is 1.97. The summed E-state index contributed by atoms with van der Waals surface area (Å²) in [6.45, 7) is 0. The smallest absolute Gasteiger partial charge is 0.254 e. The van der Waals surface area contributed by atoms with E-state index in [-0.39, 0.29) is 5.75 Å². The Morgan fingerprint density at radius 2 is 1.61 bits per heavy atom. The Bertz CT molecular complexity index is 642. The van der Waals surface area contributed by atoms with E-state index in [0.717, 1.165) is 11.4 Å². The first-order valence-electron chi connectivity index (χ1n) is 5.77. The van der Waals surface area contributed by atoms with Crippen LogP contribution in [-0.2, 0) is 0 Å². The highest BCUT2D eigenvalue weighted by atomic mass is 16.3. The van der Waals surface area contributed by atoms with Gasteiger partial charge in [0.2, 0.25) is 0 Å². The molecular weight excluding hydrogens is 224 g/mol. The number of para-hydroxylation sites is 1. The normalized spacial score (nSPS) is 10.4. The first-order valence-corrected chi connectivity index (χ1v) is 5.77. The fraction of sp³-hybridized carbons (Fsp3) is 0. The average molecular weight is 237 g/mol. The van der Waals surface area contributed by atoms with Gasteiger partial charge >= 0.3 is 0 Å². The van der Waals surface area contributed by atoms with E-state index >= 15 is 0 Å². The molecule has 3 nitrogen and oxygen atoms in total. The highest BCUT2D eigenvalue weighted by molar-refractivity contribution is 5.32. The summed E-state index contributed by atoms with van der Waals surface area (Å²) in [7, 11) is 0. The van der Waals surface area contributed by atoms with Crippen LogP contribution in [0.15, 0.2) is 73.3 Å². The average Bonchev–Trinajstić information content (AvgIpc) is 2.90. The van der Waals surface area contributed by atoms with Crippen molar-refractivity contribution in [2.24, 2.45) is 0 Å². The second-order valence-electron chi connectivity index (χ2n) is 4.08. The van der Waals surface area contributed by atoms with Crippen LogP contribution in [0.5, 0.6) is 5.75 Å². The van der Waals surface area contributed by atoms with E-state index in [0.29, 0.717) is 0 Å². The highest BCUT2D eigenvalue weighted by Gasteiger charge is 2.07. The van der Waals surface area contributed by atoms with Crippen molar-refractivity contribution >= 4 is 0 Å². The van der Waals surface area contributed by atoms with Gasteiger partial charge in [-0.25, -0.2) is 9.13 Å². The maximum atomic E-state index is 9.27. The summed E-state index contributed by atoms with van der Waals surface area (Å²) < 4.78 is 4.05. The number of imidazole rings is 1. The third-order valence-corrected chi connectivity index (χ3v) is 2.84. The number of aromatic hydroxyl groups is 1. The van der Waals surface area contributed by atoms with Crippen LogP contribution < -0.4 is 4.57 Å². The van der Waals surface area contributed by atoms with Crippen molar-refractivity contribution in [2.45, 2.75) is 0 Å². The quantitative estimate of drug-likeness (QED) is 0.681. The number of rotatable bonds is 2. The zero-order valence-electron chi connectivity index (χ0n) is 9.77. The van der Waals surface area contributed by atoms with Gasteiger partial charge in [-0.3, -0.25) is 0 Å². The summed E-state index contributed by atoms with van der Waals surface area (Å²) in [5, 5.41) is 9.27. The minimum Gasteiger partial charge on any atom is -0.508 e. The lowest BCUT2D eigenvalue weighted by Gasteiger charge is -1.96. The van der Waals surface area contributed by atoms with Crippen LogP contribution in [-0.4, -0.2) is 9.67 Å². The predicted octanol–water partition coefficient (Wildman–Crippen LogP) is 2.46. The van der Waals surface area contributed by atoms with Gasteiger partial charge in [-0.05, 0) is 36.4 Å². The lowest BCUT2D eigenvalue weighted by Crippen LogP contribution is -2.27. The van der Waals surface area contributed by atoms with Crippen LogP contribution in [0.25, 0.3) is 11.4 Å². The molecule has 0 spiro atoms. The molecule has 0 saturated heterocycles. The molecule has 0 atom stereocenters. The van der Waals surface area contributed by atoms with Crippen LogP contribution in [0.3, 0.4) is 0 Å². The molecule has 0 radical (unpaired) electrons. The molecule has 0 aliphatic rings. The lowest BCUT2D eigenvalue weighted by molar-refractivity contribution is -0.594. The maximum Gasteiger partial charge on any atom is 0.254 e. The molecule has 3 heteroatoms. The van der Waals surface area contributed by atoms with Gasteiger partial charge in [-0.15, -0.1) is 0 Å². The second-order valence-corrected chi connectivity index (χ2v) is 4.08. The van der Waals surface area contributed by atoms with E-state index in [4.69, 9.17) is 0 Å². The summed E-state index contributed by atoms with van der Waals surface area (Å²) in [4.78, 5) is 0. The van der Waals surface area contributed by atoms with Crippen molar-refractivity contribution in [2.75, 3.05) is 0 Å². The fourth-order valence-electron chi connectivity index (χ4n) is 1.89. The molecule has 0 saturated carbocycles. The van der Waals surface area contributed by atoms with Gasteiger partial charge in [-0.2, -0.15) is 0 Å². The van der Waals surface area contributed by atoms with Crippen LogP contribution in [0.1, 0.15) is 0 Å². The van der Waals surface area contributed by atoms with Crippen LogP contribution >= 0.6 is 0 Å². The van der Waals surface area contributed by atoms with Gasteiger partial charge in [-0.1, -0.05) is 18.2 Å². The molecule has 1 aromatic heterocycles. The van der Waals surface area contributed by atoms with E-state index < -0.39 is 0 Å². The standard InChI is InChI=1S/C15H12N2O/c18-15-8-6-14(7-9-15)17-11-10-16(12-17)13-4-2-1-3-5-13/h1-12H/p+1. The van der Waals surface area contributed by atoms with E-state index in [1.54, 1.807) is 12.1 Å². The molecule has 88 valence electrons. The number of aromatic nitrogens is 2. The van der Waals surface area contributed by atoms with E-state index in [2.05, 4.69) is 12.1 Å².